The molecule has 2 rings (SSSR count). The zero-order valence-corrected chi connectivity index (χ0v) is 18.9. The molecule has 2 aromatic rings. The standard InChI is InChI=1S/C18H23FIN7O3/c1-10(5-20)6-25-18(2,27-17(21)29)12-4-11(7-24-15(12)19)26-16(28)13-8-23-14(30-3)9-22-13/h4,7-10,25H,5-6H2,1-3H3,(H,26,28)(H3,21,27,29)/t10-,18-/m0/s1. The fourth-order valence-electron chi connectivity index (χ4n) is 2.49. The first-order chi connectivity index (χ1) is 14.2. The van der Waals surface area contributed by atoms with Crippen molar-refractivity contribution >= 4 is 40.2 Å². The minimum Gasteiger partial charge on any atom is -0.480 e. The van der Waals surface area contributed by atoms with Crippen LogP contribution in [-0.2, 0) is 5.66 Å². The third-order valence-corrected chi connectivity index (χ3v) is 5.65. The van der Waals surface area contributed by atoms with Gasteiger partial charge in [-0.25, -0.2) is 19.7 Å². The summed E-state index contributed by atoms with van der Waals surface area (Å²) in [6.07, 6.45) is 3.71. The Labute approximate surface area is 186 Å². The van der Waals surface area contributed by atoms with Crippen molar-refractivity contribution in [3.63, 3.8) is 0 Å². The maximum atomic E-state index is 14.6. The van der Waals surface area contributed by atoms with E-state index >= 15 is 0 Å². The van der Waals surface area contributed by atoms with Crippen molar-refractivity contribution in [3.05, 3.63) is 41.9 Å². The Morgan fingerprint density at radius 3 is 2.60 bits per heavy atom. The highest BCUT2D eigenvalue weighted by Gasteiger charge is 2.32. The predicted octanol–water partition coefficient (Wildman–Crippen LogP) is 1.77. The molecule has 2 aromatic heterocycles. The fraction of sp³-hybridized carbons (Fsp3) is 0.389. The molecule has 0 saturated carbocycles. The van der Waals surface area contributed by atoms with Gasteiger partial charge in [0.1, 0.15) is 11.4 Å². The van der Waals surface area contributed by atoms with Crippen molar-refractivity contribution in [2.45, 2.75) is 19.5 Å². The molecule has 0 unspecified atom stereocenters. The average molecular weight is 531 g/mol. The number of carbonyl (C=O) groups is 2. The van der Waals surface area contributed by atoms with Crippen LogP contribution in [0.25, 0.3) is 0 Å². The van der Waals surface area contributed by atoms with Gasteiger partial charge in [-0.1, -0.05) is 29.5 Å². The van der Waals surface area contributed by atoms with Crippen molar-refractivity contribution in [1.29, 1.82) is 0 Å². The lowest BCUT2D eigenvalue weighted by molar-refractivity contribution is 0.102. The molecule has 0 radical (unpaired) electrons. The second-order valence-corrected chi connectivity index (χ2v) is 7.60. The Kier molecular flexibility index (Phi) is 8.23. The van der Waals surface area contributed by atoms with Gasteiger partial charge in [-0.3, -0.25) is 10.1 Å². The second kappa shape index (κ2) is 10.4. The number of ether oxygens (including phenoxy) is 1. The van der Waals surface area contributed by atoms with E-state index in [2.05, 4.69) is 53.5 Å². The molecule has 10 nitrogen and oxygen atoms in total. The summed E-state index contributed by atoms with van der Waals surface area (Å²) in [6, 6.07) is 0.531. The molecule has 0 spiro atoms. The quantitative estimate of drug-likeness (QED) is 0.167. The molecule has 12 heteroatoms. The van der Waals surface area contributed by atoms with E-state index in [1.165, 1.54) is 25.6 Å². The molecule has 0 fully saturated rings. The Balaban J connectivity index is 2.29. The number of halogens is 2. The molecule has 0 aliphatic rings. The SMILES string of the molecule is COc1cnc(C(=O)Nc2cnc(F)c([C@@](C)(NC[C@@H](C)CI)NC(N)=O)c2)cn1. The van der Waals surface area contributed by atoms with Crippen LogP contribution in [0.3, 0.4) is 0 Å². The first-order valence-electron chi connectivity index (χ1n) is 8.90. The minimum absolute atomic E-state index is 0.0144. The number of primary amides is 1. The summed E-state index contributed by atoms with van der Waals surface area (Å²) < 4.78 is 20.3. The Morgan fingerprint density at radius 2 is 2.03 bits per heavy atom. The number of anilines is 1. The molecule has 3 amide bonds. The lowest BCUT2D eigenvalue weighted by Gasteiger charge is -2.33. The van der Waals surface area contributed by atoms with E-state index in [9.17, 15) is 14.0 Å². The van der Waals surface area contributed by atoms with Gasteiger partial charge in [0.15, 0.2) is 0 Å². The highest BCUT2D eigenvalue weighted by molar-refractivity contribution is 14.1. The summed E-state index contributed by atoms with van der Waals surface area (Å²) in [5.41, 5.74) is 4.20. The first kappa shape index (κ1) is 23.7. The molecule has 2 heterocycles. The number of alkyl halides is 1. The highest BCUT2D eigenvalue weighted by atomic mass is 127. The number of pyridine rings is 1. The number of methoxy groups -OCH3 is 1. The lowest BCUT2D eigenvalue weighted by Crippen LogP contribution is -2.57. The van der Waals surface area contributed by atoms with Gasteiger partial charge in [0.25, 0.3) is 5.91 Å². The van der Waals surface area contributed by atoms with Crippen molar-refractivity contribution in [1.82, 2.24) is 25.6 Å². The third-order valence-electron chi connectivity index (χ3n) is 4.15. The number of nitrogens with one attached hydrogen (secondary N) is 3. The smallest absolute Gasteiger partial charge is 0.313 e. The van der Waals surface area contributed by atoms with Crippen molar-refractivity contribution < 1.29 is 18.7 Å². The van der Waals surface area contributed by atoms with Gasteiger partial charge in [0, 0.05) is 16.5 Å². The van der Waals surface area contributed by atoms with Gasteiger partial charge >= 0.3 is 6.03 Å². The molecular weight excluding hydrogens is 508 g/mol. The van der Waals surface area contributed by atoms with Gasteiger partial charge in [0.05, 0.1) is 31.4 Å². The molecular formula is C18H23FIN7O3. The zero-order chi connectivity index (χ0) is 22.3. The fourth-order valence-corrected chi connectivity index (χ4v) is 2.80. The number of urea groups is 1. The van der Waals surface area contributed by atoms with E-state index in [1.807, 2.05) is 6.92 Å². The molecule has 2 atom stereocenters. The van der Waals surface area contributed by atoms with Crippen molar-refractivity contribution in [2.75, 3.05) is 23.4 Å². The van der Waals surface area contributed by atoms with Crippen molar-refractivity contribution in [2.24, 2.45) is 11.7 Å². The molecule has 0 aliphatic carbocycles. The number of aromatic nitrogens is 3. The van der Waals surface area contributed by atoms with Gasteiger partial charge in [0.2, 0.25) is 11.8 Å². The van der Waals surface area contributed by atoms with Crippen LogP contribution >= 0.6 is 22.6 Å². The van der Waals surface area contributed by atoms with E-state index in [4.69, 9.17) is 10.5 Å². The number of hydrogen-bond acceptors (Lipinski definition) is 7. The van der Waals surface area contributed by atoms with Crippen LogP contribution in [0.5, 0.6) is 5.88 Å². The van der Waals surface area contributed by atoms with Crippen LogP contribution in [-0.4, -0.2) is 45.0 Å². The largest absolute Gasteiger partial charge is 0.480 e. The van der Waals surface area contributed by atoms with Crippen LogP contribution in [0.15, 0.2) is 24.7 Å². The predicted molar refractivity (Wildman–Crippen MR) is 117 cm³/mol. The number of rotatable bonds is 9. The maximum absolute atomic E-state index is 14.6. The van der Waals surface area contributed by atoms with Crippen molar-refractivity contribution in [3.8, 4) is 5.88 Å². The molecule has 5 N–H and O–H groups in total. The van der Waals surface area contributed by atoms with E-state index in [0.29, 0.717) is 6.54 Å². The third kappa shape index (κ3) is 6.19. The summed E-state index contributed by atoms with van der Waals surface area (Å²) in [5, 5.41) is 8.21. The Hall–Kier alpha value is -2.61. The summed E-state index contributed by atoms with van der Waals surface area (Å²) in [7, 11) is 1.43. The average Bonchev–Trinajstić information content (AvgIpc) is 2.72. The second-order valence-electron chi connectivity index (χ2n) is 6.72. The van der Waals surface area contributed by atoms with E-state index < -0.39 is 23.5 Å². The Morgan fingerprint density at radius 1 is 1.30 bits per heavy atom. The van der Waals surface area contributed by atoms with Gasteiger partial charge < -0.3 is 21.1 Å². The van der Waals surface area contributed by atoms with Crippen LogP contribution < -0.4 is 26.4 Å². The summed E-state index contributed by atoms with van der Waals surface area (Å²) in [4.78, 5) is 35.5. The molecule has 30 heavy (non-hydrogen) atoms. The van der Waals surface area contributed by atoms with E-state index in [-0.39, 0.29) is 28.7 Å². The van der Waals surface area contributed by atoms with Gasteiger partial charge in [-0.2, -0.15) is 4.39 Å². The van der Waals surface area contributed by atoms with Crippen LogP contribution in [0.2, 0.25) is 0 Å². The lowest BCUT2D eigenvalue weighted by atomic mass is 10.0. The molecule has 0 aromatic carbocycles. The number of nitrogens with two attached hydrogens (primary N) is 1. The van der Waals surface area contributed by atoms with E-state index in [1.54, 1.807) is 6.92 Å². The number of hydrogen-bond donors (Lipinski definition) is 4. The Bertz CT molecular complexity index is 900. The van der Waals surface area contributed by atoms with Crippen LogP contribution in [0.1, 0.15) is 29.9 Å². The molecule has 162 valence electrons. The normalized spacial score (nSPS) is 13.8. The summed E-state index contributed by atoms with van der Waals surface area (Å²) in [6.45, 7) is 4.06. The molecule has 0 aliphatic heterocycles. The monoisotopic (exact) mass is 531 g/mol. The summed E-state index contributed by atoms with van der Waals surface area (Å²) >= 11 is 2.24. The topological polar surface area (TPSA) is 144 Å². The number of carbonyl (C=O) groups excluding carboxylic acids is 2. The number of nitrogens with zero attached hydrogens (tertiary/aromatic N) is 3. The maximum Gasteiger partial charge on any atom is 0.313 e. The van der Waals surface area contributed by atoms with E-state index in [0.717, 1.165) is 10.6 Å². The van der Waals surface area contributed by atoms with Gasteiger partial charge in [-0.15, -0.1) is 0 Å². The van der Waals surface area contributed by atoms with Crippen LogP contribution in [0.4, 0.5) is 14.9 Å². The highest BCUT2D eigenvalue weighted by Crippen LogP contribution is 2.24. The molecule has 0 saturated heterocycles. The van der Waals surface area contributed by atoms with Crippen LogP contribution in [0, 0.1) is 11.9 Å². The molecule has 0 bridgehead atoms. The number of amides is 3. The zero-order valence-electron chi connectivity index (χ0n) is 16.7. The summed E-state index contributed by atoms with van der Waals surface area (Å²) in [5.74, 6) is -0.867. The van der Waals surface area contributed by atoms with Gasteiger partial charge in [-0.05, 0) is 18.9 Å². The minimum atomic E-state index is -1.34. The first-order valence-corrected chi connectivity index (χ1v) is 10.4.